The van der Waals surface area contributed by atoms with Crippen LogP contribution in [0.1, 0.15) is 51.7 Å². The second kappa shape index (κ2) is 14.2. The average molecular weight is 809 g/mol. The largest absolute Gasteiger partial charge is 0.305 e. The van der Waals surface area contributed by atoms with E-state index in [1.165, 1.54) is 22.4 Å². The van der Waals surface area contributed by atoms with Gasteiger partial charge in [-0.25, -0.2) is 0 Å². The van der Waals surface area contributed by atoms with Crippen LogP contribution >= 0.6 is 11.3 Å². The van der Waals surface area contributed by atoms with Crippen molar-refractivity contribution in [2.24, 2.45) is 5.41 Å². The molecule has 0 bridgehead atoms. The van der Waals surface area contributed by atoms with Crippen LogP contribution < -0.4 is 5.19 Å². The number of nitrogens with zero attached hydrogens (tertiary/aromatic N) is 2. The van der Waals surface area contributed by atoms with E-state index in [0.29, 0.717) is 11.3 Å². The summed E-state index contributed by atoms with van der Waals surface area (Å²) in [5, 5.41) is 3.12. The first-order valence-corrected chi connectivity index (χ1v) is 19.6. The van der Waals surface area contributed by atoms with E-state index in [0.717, 1.165) is 43.7 Å². The van der Waals surface area contributed by atoms with Gasteiger partial charge in [0.1, 0.15) is 0 Å². The summed E-state index contributed by atoms with van der Waals surface area (Å²) in [4.78, 5) is 9.20. The van der Waals surface area contributed by atoms with Crippen LogP contribution in [0.25, 0.3) is 42.7 Å². The average Bonchev–Trinajstić information content (AvgIpc) is 3.37. The molecule has 6 heteroatoms. The second-order valence-electron chi connectivity index (χ2n) is 13.9. The van der Waals surface area contributed by atoms with Gasteiger partial charge in [0, 0.05) is 43.0 Å². The minimum absolute atomic E-state index is 0. The number of halogens is 1. The van der Waals surface area contributed by atoms with Gasteiger partial charge in [0.25, 0.3) is 0 Å². The van der Waals surface area contributed by atoms with Gasteiger partial charge < -0.3 is 9.97 Å². The predicted octanol–water partition coefficient (Wildman–Crippen LogP) is 10.9. The fourth-order valence-electron chi connectivity index (χ4n) is 5.45. The van der Waals surface area contributed by atoms with Crippen LogP contribution in [0.3, 0.4) is 0 Å². The number of thiophene rings is 1. The Hall–Kier alpha value is -3.02. The minimum atomic E-state index is -1.37. The van der Waals surface area contributed by atoms with Gasteiger partial charge in [0.2, 0.25) is 0 Å². The molecule has 1 radical (unpaired) electrons. The third-order valence-corrected chi connectivity index (χ3v) is 10.9. The van der Waals surface area contributed by atoms with Crippen LogP contribution in [-0.2, 0) is 26.5 Å². The van der Waals surface area contributed by atoms with E-state index in [1.54, 1.807) is 11.3 Å². The van der Waals surface area contributed by atoms with Gasteiger partial charge in [-0.15, -0.1) is 53.6 Å². The van der Waals surface area contributed by atoms with Crippen molar-refractivity contribution >= 4 is 44.8 Å². The van der Waals surface area contributed by atoms with Gasteiger partial charge in [0.15, 0.2) is 0 Å². The first-order chi connectivity index (χ1) is 20.8. The summed E-state index contributed by atoms with van der Waals surface area (Å²) in [6, 6.07) is 30.2. The van der Waals surface area contributed by atoms with E-state index < -0.39 is 8.07 Å². The van der Waals surface area contributed by atoms with Crippen LogP contribution in [0.5, 0.6) is 0 Å². The molecule has 45 heavy (non-hydrogen) atoms. The molecule has 0 atom stereocenters. The molecule has 3 heterocycles. The Morgan fingerprint density at radius 1 is 0.911 bits per heavy atom. The second-order valence-corrected chi connectivity index (χ2v) is 20.0. The maximum atomic E-state index is 14.4. The van der Waals surface area contributed by atoms with Gasteiger partial charge in [-0.05, 0) is 61.9 Å². The summed E-state index contributed by atoms with van der Waals surface area (Å²) in [6.45, 7) is 18.4. The van der Waals surface area contributed by atoms with E-state index in [-0.39, 0.29) is 31.3 Å². The SMILES string of the molecule is CC(C)(C)Cc1cc(-c2[c-]cccc2)ncc1[Si](C)(C)C.CC(C)c1ccnc(-c2[c-]cc(F)c3c2sc2ccccc23)c1.[Ir]. The first-order valence-electron chi connectivity index (χ1n) is 15.3. The van der Waals surface area contributed by atoms with Crippen molar-refractivity contribution in [3.8, 4) is 22.5 Å². The van der Waals surface area contributed by atoms with Crippen molar-refractivity contribution in [2.75, 3.05) is 0 Å². The molecule has 0 aliphatic carbocycles. The molecule has 3 aromatic heterocycles. The number of pyridine rings is 2. The van der Waals surface area contributed by atoms with E-state index in [4.69, 9.17) is 4.98 Å². The number of aromatic nitrogens is 2. The molecule has 0 spiro atoms. The molecule has 3 aromatic carbocycles. The van der Waals surface area contributed by atoms with Gasteiger partial charge >= 0.3 is 0 Å². The molecule has 6 aromatic rings. The van der Waals surface area contributed by atoms with Crippen LogP contribution in [0, 0.1) is 23.4 Å². The summed E-state index contributed by atoms with van der Waals surface area (Å²) in [5.41, 5.74) is 6.82. The van der Waals surface area contributed by atoms with Crippen LogP contribution in [0.2, 0.25) is 19.6 Å². The Kier molecular flexibility index (Phi) is 11.0. The predicted molar refractivity (Wildman–Crippen MR) is 190 cm³/mol. The monoisotopic (exact) mass is 809 g/mol. The Labute approximate surface area is 286 Å². The van der Waals surface area contributed by atoms with Gasteiger partial charge in [-0.1, -0.05) is 95.7 Å². The Morgan fingerprint density at radius 2 is 1.64 bits per heavy atom. The fourth-order valence-corrected chi connectivity index (χ4v) is 8.25. The maximum absolute atomic E-state index is 14.4. The number of hydrogen-bond acceptors (Lipinski definition) is 3. The van der Waals surface area contributed by atoms with E-state index in [2.05, 4.69) is 95.8 Å². The molecule has 6 rings (SSSR count). The van der Waals surface area contributed by atoms with Gasteiger partial charge in [-0.2, -0.15) is 11.3 Å². The van der Waals surface area contributed by atoms with Crippen LogP contribution in [-0.4, -0.2) is 18.0 Å². The van der Waals surface area contributed by atoms with E-state index in [9.17, 15) is 4.39 Å². The number of benzene rings is 3. The first kappa shape index (κ1) is 34.8. The molecule has 0 unspecified atom stereocenters. The zero-order chi connectivity index (χ0) is 31.6. The van der Waals surface area contributed by atoms with Crippen molar-refractivity contribution in [3.63, 3.8) is 0 Å². The smallest absolute Gasteiger partial charge is 0.0798 e. The summed E-state index contributed by atoms with van der Waals surface area (Å²) in [6.07, 6.45) is 5.03. The van der Waals surface area contributed by atoms with Crippen molar-refractivity contribution in [1.82, 2.24) is 9.97 Å². The third-order valence-electron chi connectivity index (χ3n) is 7.61. The zero-order valence-corrected chi connectivity index (χ0v) is 31.6. The Balaban J connectivity index is 0.000000201. The molecule has 0 saturated carbocycles. The molecule has 0 N–H and O–H groups in total. The summed E-state index contributed by atoms with van der Waals surface area (Å²) in [5.74, 6) is 0.205. The normalized spacial score (nSPS) is 11.8. The van der Waals surface area contributed by atoms with Crippen molar-refractivity contribution in [1.29, 1.82) is 0 Å². The standard InChI is InChI=1S/C20H15FNS.C19H26NSi.Ir/c1-12(2)13-9-10-22-17(11-13)14-7-8-16(21)19-15-5-3-4-6-18(15)23-20(14)19;1-19(2,3)13-16-12-17(15-10-8-7-9-11-15)20-14-18(16)21(4,5)6;/h3-6,8-12H,1-2H3;7-10,12,14H,13H2,1-6H3;/q2*-1;. The van der Waals surface area contributed by atoms with Crippen molar-refractivity contribution in [2.45, 2.75) is 66.6 Å². The van der Waals surface area contributed by atoms with Gasteiger partial charge in [-0.3, -0.25) is 4.39 Å². The van der Waals surface area contributed by atoms with Crippen LogP contribution in [0.4, 0.5) is 4.39 Å². The molecule has 2 nitrogen and oxygen atoms in total. The van der Waals surface area contributed by atoms with Gasteiger partial charge in [0.05, 0.1) is 8.07 Å². The number of rotatable bonds is 5. The number of fused-ring (bicyclic) bond motifs is 3. The molecule has 0 aliphatic heterocycles. The summed E-state index contributed by atoms with van der Waals surface area (Å²) < 4.78 is 16.4. The maximum Gasteiger partial charge on any atom is 0.0798 e. The van der Waals surface area contributed by atoms with E-state index >= 15 is 0 Å². The Morgan fingerprint density at radius 3 is 2.31 bits per heavy atom. The summed E-state index contributed by atoms with van der Waals surface area (Å²) in [7, 11) is -1.37. The summed E-state index contributed by atoms with van der Waals surface area (Å²) >= 11 is 1.60. The third kappa shape index (κ3) is 8.23. The molecule has 0 saturated heterocycles. The van der Waals surface area contributed by atoms with Crippen LogP contribution in [0.15, 0.2) is 85.2 Å². The minimum Gasteiger partial charge on any atom is -0.305 e. The molecule has 0 fully saturated rings. The molecule has 0 aliphatic rings. The number of hydrogen-bond donors (Lipinski definition) is 0. The molecular weight excluding hydrogens is 768 g/mol. The Bertz CT molecular complexity index is 1900. The fraction of sp³-hybridized carbons (Fsp3) is 0.282. The van der Waals surface area contributed by atoms with Crippen molar-refractivity contribution in [3.05, 3.63) is 114 Å². The molecular formula is C39H41FIrN2SSi-2. The topological polar surface area (TPSA) is 25.8 Å². The molecule has 235 valence electrons. The van der Waals surface area contributed by atoms with Crippen molar-refractivity contribution < 1.29 is 24.5 Å². The zero-order valence-electron chi connectivity index (χ0n) is 27.4. The quantitative estimate of drug-likeness (QED) is 0.128. The molecule has 0 amide bonds. The van der Waals surface area contributed by atoms with E-state index in [1.807, 2.05) is 54.7 Å².